The zero-order chi connectivity index (χ0) is 13.4. The van der Waals surface area contributed by atoms with Gasteiger partial charge in [0.1, 0.15) is 10.9 Å². The molecule has 1 N–H and O–H groups in total. The zero-order valence-corrected chi connectivity index (χ0v) is 11.6. The summed E-state index contributed by atoms with van der Waals surface area (Å²) in [6, 6.07) is -0.592. The molecular weight excluding hydrogens is 266 g/mol. The van der Waals surface area contributed by atoms with Crippen molar-refractivity contribution >= 4 is 25.6 Å². The molecule has 1 amide bonds. The molecule has 1 aromatic heterocycles. The first kappa shape index (κ1) is 14.0. The van der Waals surface area contributed by atoms with E-state index in [2.05, 4.69) is 10.4 Å². The number of amides is 1. The minimum absolute atomic E-state index is 0.0325. The number of halogens is 1. The molecule has 0 saturated heterocycles. The summed E-state index contributed by atoms with van der Waals surface area (Å²) in [5.41, 5.74) is 0.641. The van der Waals surface area contributed by atoms with Gasteiger partial charge < -0.3 is 5.32 Å². The SMILES string of the molecule is CNC(=O)C(C)n1nc(C)c(S(=O)(=O)Cl)c1C. The Morgan fingerprint density at radius 2 is 2.00 bits per heavy atom. The molecule has 0 spiro atoms. The Labute approximate surface area is 104 Å². The highest BCUT2D eigenvalue weighted by Gasteiger charge is 2.26. The van der Waals surface area contributed by atoms with Gasteiger partial charge in [-0.3, -0.25) is 9.48 Å². The summed E-state index contributed by atoms with van der Waals surface area (Å²) in [5, 5.41) is 6.51. The summed E-state index contributed by atoms with van der Waals surface area (Å²) >= 11 is 0. The molecule has 8 heteroatoms. The number of aromatic nitrogens is 2. The third-order valence-electron chi connectivity index (χ3n) is 2.50. The monoisotopic (exact) mass is 279 g/mol. The lowest BCUT2D eigenvalue weighted by Crippen LogP contribution is -2.29. The lowest BCUT2D eigenvalue weighted by atomic mass is 10.3. The second-order valence-corrected chi connectivity index (χ2v) is 6.18. The van der Waals surface area contributed by atoms with E-state index in [4.69, 9.17) is 10.7 Å². The average molecular weight is 280 g/mol. The Kier molecular flexibility index (Phi) is 3.83. The maximum absolute atomic E-state index is 11.5. The van der Waals surface area contributed by atoms with Gasteiger partial charge in [0.05, 0.1) is 11.4 Å². The molecule has 96 valence electrons. The molecule has 1 unspecified atom stereocenters. The molecule has 0 bridgehead atoms. The maximum Gasteiger partial charge on any atom is 0.264 e. The summed E-state index contributed by atoms with van der Waals surface area (Å²) < 4.78 is 24.1. The van der Waals surface area contributed by atoms with Gasteiger partial charge in [0.2, 0.25) is 5.91 Å². The molecule has 1 aromatic rings. The molecule has 0 saturated carbocycles. The van der Waals surface area contributed by atoms with E-state index in [9.17, 15) is 13.2 Å². The standard InChI is InChI=1S/C9H14ClN3O3S/c1-5-8(17(10,15)16)6(2)13(12-5)7(3)9(14)11-4/h7H,1-4H3,(H,11,14). The predicted octanol–water partition coefficient (Wildman–Crippen LogP) is 0.734. The molecule has 0 radical (unpaired) electrons. The van der Waals surface area contributed by atoms with Crippen LogP contribution in [0.2, 0.25) is 0 Å². The van der Waals surface area contributed by atoms with Crippen LogP contribution in [0.4, 0.5) is 0 Å². The number of hydrogen-bond donors (Lipinski definition) is 1. The van der Waals surface area contributed by atoms with Crippen LogP contribution in [0.1, 0.15) is 24.4 Å². The summed E-state index contributed by atoms with van der Waals surface area (Å²) in [4.78, 5) is 11.4. The Balaban J connectivity index is 3.37. The minimum atomic E-state index is -3.85. The van der Waals surface area contributed by atoms with Crippen molar-refractivity contribution in [2.24, 2.45) is 0 Å². The van der Waals surface area contributed by atoms with E-state index in [0.717, 1.165) is 0 Å². The van der Waals surface area contributed by atoms with Crippen LogP contribution in [0.15, 0.2) is 4.90 Å². The molecule has 1 atom stereocenters. The van der Waals surface area contributed by atoms with Gasteiger partial charge in [-0.1, -0.05) is 0 Å². The Bertz CT molecular complexity index is 550. The van der Waals surface area contributed by atoms with E-state index in [1.807, 2.05) is 0 Å². The van der Waals surface area contributed by atoms with Crippen molar-refractivity contribution < 1.29 is 13.2 Å². The molecule has 1 rings (SSSR count). The molecule has 0 aliphatic carbocycles. The number of nitrogens with one attached hydrogen (secondary N) is 1. The van der Waals surface area contributed by atoms with Crippen LogP contribution in [-0.2, 0) is 13.8 Å². The number of rotatable bonds is 3. The fourth-order valence-electron chi connectivity index (χ4n) is 1.70. The maximum atomic E-state index is 11.5. The van der Waals surface area contributed by atoms with Crippen molar-refractivity contribution in [1.29, 1.82) is 0 Å². The van der Waals surface area contributed by atoms with E-state index in [-0.39, 0.29) is 16.5 Å². The largest absolute Gasteiger partial charge is 0.357 e. The number of carbonyl (C=O) groups excluding carboxylic acids is 1. The van der Waals surface area contributed by atoms with Gasteiger partial charge in [0.15, 0.2) is 0 Å². The highest BCUT2D eigenvalue weighted by molar-refractivity contribution is 8.13. The number of carbonyl (C=O) groups is 1. The average Bonchev–Trinajstić information content (AvgIpc) is 2.51. The van der Waals surface area contributed by atoms with Crippen LogP contribution in [-0.4, -0.2) is 31.2 Å². The first-order valence-electron chi connectivity index (χ1n) is 4.92. The third kappa shape index (κ3) is 2.61. The van der Waals surface area contributed by atoms with Crippen molar-refractivity contribution in [2.75, 3.05) is 7.05 Å². The Hall–Kier alpha value is -1.08. The van der Waals surface area contributed by atoms with Crippen molar-refractivity contribution in [1.82, 2.24) is 15.1 Å². The second-order valence-electron chi connectivity index (χ2n) is 3.67. The fraction of sp³-hybridized carbons (Fsp3) is 0.556. The smallest absolute Gasteiger partial charge is 0.264 e. The van der Waals surface area contributed by atoms with Gasteiger partial charge in [-0.2, -0.15) is 5.10 Å². The van der Waals surface area contributed by atoms with Crippen molar-refractivity contribution in [3.63, 3.8) is 0 Å². The lowest BCUT2D eigenvalue weighted by molar-refractivity contribution is -0.123. The quantitative estimate of drug-likeness (QED) is 0.827. The third-order valence-corrected chi connectivity index (χ3v) is 4.04. The van der Waals surface area contributed by atoms with Crippen molar-refractivity contribution in [3.8, 4) is 0 Å². The first-order valence-corrected chi connectivity index (χ1v) is 7.23. The molecule has 0 aliphatic rings. The van der Waals surface area contributed by atoms with Crippen LogP contribution >= 0.6 is 10.7 Å². The Morgan fingerprint density at radius 3 is 2.35 bits per heavy atom. The summed E-state index contributed by atoms with van der Waals surface area (Å²) in [6.07, 6.45) is 0. The zero-order valence-electron chi connectivity index (χ0n) is 9.98. The fourth-order valence-corrected chi connectivity index (χ4v) is 3.21. The van der Waals surface area contributed by atoms with Crippen LogP contribution in [0.25, 0.3) is 0 Å². The van der Waals surface area contributed by atoms with Crippen molar-refractivity contribution in [2.45, 2.75) is 31.7 Å². The predicted molar refractivity (Wildman–Crippen MR) is 63.5 cm³/mol. The highest BCUT2D eigenvalue weighted by Crippen LogP contribution is 2.25. The topological polar surface area (TPSA) is 81.1 Å². The van der Waals surface area contributed by atoms with Gasteiger partial charge >= 0.3 is 0 Å². The molecule has 1 heterocycles. The van der Waals surface area contributed by atoms with Gasteiger partial charge in [0.25, 0.3) is 9.05 Å². The van der Waals surface area contributed by atoms with Gasteiger partial charge in [0, 0.05) is 17.7 Å². The van der Waals surface area contributed by atoms with Gasteiger partial charge in [-0.15, -0.1) is 0 Å². The summed E-state index contributed by atoms with van der Waals surface area (Å²) in [5.74, 6) is -0.255. The van der Waals surface area contributed by atoms with Crippen molar-refractivity contribution in [3.05, 3.63) is 11.4 Å². The summed E-state index contributed by atoms with van der Waals surface area (Å²) in [6.45, 7) is 4.73. The van der Waals surface area contributed by atoms with Crippen LogP contribution in [0, 0.1) is 13.8 Å². The molecule has 0 fully saturated rings. The number of likely N-dealkylation sites (N-methyl/N-ethyl adjacent to an activating group) is 1. The van der Waals surface area contributed by atoms with Crippen LogP contribution < -0.4 is 5.32 Å². The number of nitrogens with zero attached hydrogens (tertiary/aromatic N) is 2. The van der Waals surface area contributed by atoms with Gasteiger partial charge in [-0.25, -0.2) is 8.42 Å². The van der Waals surface area contributed by atoms with E-state index in [0.29, 0.717) is 5.69 Å². The minimum Gasteiger partial charge on any atom is -0.357 e. The second kappa shape index (κ2) is 4.66. The molecule has 0 aliphatic heterocycles. The number of hydrogen-bond acceptors (Lipinski definition) is 4. The molecule has 6 nitrogen and oxygen atoms in total. The normalized spacial score (nSPS) is 13.5. The number of aryl methyl sites for hydroxylation is 1. The molecule has 17 heavy (non-hydrogen) atoms. The molecule has 0 aromatic carbocycles. The van der Waals surface area contributed by atoms with E-state index in [1.54, 1.807) is 13.8 Å². The van der Waals surface area contributed by atoms with Crippen LogP contribution in [0.3, 0.4) is 0 Å². The van der Waals surface area contributed by atoms with E-state index in [1.165, 1.54) is 18.7 Å². The first-order chi connectivity index (χ1) is 7.70. The summed E-state index contributed by atoms with van der Waals surface area (Å²) in [7, 11) is 2.97. The van der Waals surface area contributed by atoms with Gasteiger partial charge in [-0.05, 0) is 20.8 Å². The van der Waals surface area contributed by atoms with Crippen LogP contribution in [0.5, 0.6) is 0 Å². The lowest BCUT2D eigenvalue weighted by Gasteiger charge is -2.12. The molecular formula is C9H14ClN3O3S. The van der Waals surface area contributed by atoms with E-state index >= 15 is 0 Å². The highest BCUT2D eigenvalue weighted by atomic mass is 35.7. The Morgan fingerprint density at radius 1 is 1.47 bits per heavy atom. The van der Waals surface area contributed by atoms with E-state index < -0.39 is 15.1 Å².